The molecular formula is C32H26N4O4S2. The van der Waals surface area contributed by atoms with E-state index in [0.717, 1.165) is 0 Å². The Labute approximate surface area is 247 Å². The second kappa shape index (κ2) is 12.1. The molecule has 0 unspecified atom stereocenters. The molecule has 0 aliphatic carbocycles. The summed E-state index contributed by atoms with van der Waals surface area (Å²) in [6.07, 6.45) is 0. The van der Waals surface area contributed by atoms with Crippen molar-refractivity contribution in [2.75, 3.05) is 11.5 Å². The third-order valence-corrected chi connectivity index (χ3v) is 9.36. The summed E-state index contributed by atoms with van der Waals surface area (Å²) in [6.45, 7) is 0.452. The van der Waals surface area contributed by atoms with Gasteiger partial charge in [0.1, 0.15) is 0 Å². The second-order valence-electron chi connectivity index (χ2n) is 9.50. The lowest BCUT2D eigenvalue weighted by Gasteiger charge is -2.14. The van der Waals surface area contributed by atoms with Crippen molar-refractivity contribution in [3.8, 4) is 11.4 Å². The predicted molar refractivity (Wildman–Crippen MR) is 173 cm³/mol. The van der Waals surface area contributed by atoms with Crippen molar-refractivity contribution in [2.45, 2.75) is 13.1 Å². The maximum atomic E-state index is 13.5. The van der Waals surface area contributed by atoms with Crippen molar-refractivity contribution in [3.05, 3.63) is 151 Å². The van der Waals surface area contributed by atoms with E-state index < -0.39 is 0 Å². The van der Waals surface area contributed by atoms with E-state index in [1.807, 2.05) is 72.8 Å². The average molecular weight is 595 g/mol. The van der Waals surface area contributed by atoms with Crippen molar-refractivity contribution in [2.24, 2.45) is 0 Å². The van der Waals surface area contributed by atoms with E-state index >= 15 is 0 Å². The molecular weight excluding hydrogens is 569 g/mol. The molecule has 210 valence electrons. The SMILES string of the molecule is O=c1c2ccccc2n(-c2ccccc2)c(=O)n1CCSSCCn1c(=O)c2ccccc2n(-c2ccccc2)c1=O. The summed E-state index contributed by atoms with van der Waals surface area (Å²) in [4.78, 5) is 53.4. The number of hydrogen-bond acceptors (Lipinski definition) is 6. The van der Waals surface area contributed by atoms with Crippen LogP contribution in [0, 0.1) is 0 Å². The monoisotopic (exact) mass is 594 g/mol. The first-order valence-corrected chi connectivity index (χ1v) is 15.9. The standard InChI is InChI=1S/C32H26N4O4S2/c37-29-25-15-7-9-17-27(25)35(23-11-3-1-4-12-23)31(39)33(29)19-21-41-42-22-20-34-30(38)26-16-8-10-18-28(26)36(32(34)40)24-13-5-2-6-14-24/h1-18H,19-22H2. The van der Waals surface area contributed by atoms with Crippen molar-refractivity contribution in [3.63, 3.8) is 0 Å². The van der Waals surface area contributed by atoms with Crippen molar-refractivity contribution in [1.29, 1.82) is 0 Å². The van der Waals surface area contributed by atoms with Gasteiger partial charge < -0.3 is 0 Å². The zero-order valence-corrected chi connectivity index (χ0v) is 24.1. The lowest BCUT2D eigenvalue weighted by atomic mass is 10.2. The van der Waals surface area contributed by atoms with Crippen LogP contribution in [0.5, 0.6) is 0 Å². The van der Waals surface area contributed by atoms with Gasteiger partial charge in [0, 0.05) is 24.6 Å². The average Bonchev–Trinajstić information content (AvgIpc) is 3.03. The molecule has 0 aliphatic heterocycles. The van der Waals surface area contributed by atoms with Crippen LogP contribution < -0.4 is 22.5 Å². The fourth-order valence-corrected chi connectivity index (χ4v) is 6.94. The molecule has 4 aromatic carbocycles. The van der Waals surface area contributed by atoms with Crippen LogP contribution in [0.1, 0.15) is 0 Å². The molecule has 42 heavy (non-hydrogen) atoms. The molecule has 0 fully saturated rings. The number of fused-ring (bicyclic) bond motifs is 2. The Hall–Kier alpha value is -4.54. The third kappa shape index (κ3) is 5.15. The van der Waals surface area contributed by atoms with E-state index in [1.54, 1.807) is 45.5 Å². The van der Waals surface area contributed by atoms with E-state index in [0.29, 0.717) is 44.7 Å². The molecule has 10 heteroatoms. The van der Waals surface area contributed by atoms with Crippen LogP contribution in [0.2, 0.25) is 0 Å². The Bertz CT molecular complexity index is 1980. The van der Waals surface area contributed by atoms with Crippen molar-refractivity contribution in [1.82, 2.24) is 18.3 Å². The molecule has 0 N–H and O–H groups in total. The smallest absolute Gasteiger partial charge is 0.268 e. The molecule has 0 aliphatic rings. The van der Waals surface area contributed by atoms with E-state index in [4.69, 9.17) is 0 Å². The fourth-order valence-electron chi connectivity index (χ4n) is 5.03. The quantitative estimate of drug-likeness (QED) is 0.178. The molecule has 8 nitrogen and oxygen atoms in total. The van der Waals surface area contributed by atoms with E-state index in [2.05, 4.69) is 0 Å². The molecule has 2 heterocycles. The molecule has 0 spiro atoms. The highest BCUT2D eigenvalue weighted by Crippen LogP contribution is 2.22. The van der Waals surface area contributed by atoms with Crippen molar-refractivity contribution >= 4 is 43.4 Å². The normalized spacial score (nSPS) is 11.3. The van der Waals surface area contributed by atoms with Crippen LogP contribution in [0.4, 0.5) is 0 Å². The van der Waals surface area contributed by atoms with Crippen LogP contribution in [0.15, 0.2) is 128 Å². The number of rotatable bonds is 9. The summed E-state index contributed by atoms with van der Waals surface area (Å²) >= 11 is 0. The van der Waals surface area contributed by atoms with Crippen LogP contribution in [-0.4, -0.2) is 29.8 Å². The minimum atomic E-state index is -0.389. The zero-order valence-electron chi connectivity index (χ0n) is 22.5. The minimum Gasteiger partial charge on any atom is -0.268 e. The van der Waals surface area contributed by atoms with Gasteiger partial charge in [-0.05, 0) is 48.5 Å². The van der Waals surface area contributed by atoms with Crippen LogP contribution >= 0.6 is 21.6 Å². The molecule has 0 amide bonds. The van der Waals surface area contributed by atoms with E-state index in [9.17, 15) is 19.2 Å². The molecule has 2 aromatic heterocycles. The molecule has 0 radical (unpaired) electrons. The van der Waals surface area contributed by atoms with Gasteiger partial charge in [-0.3, -0.25) is 27.9 Å². The summed E-state index contributed by atoms with van der Waals surface area (Å²) in [5, 5.41) is 0.952. The molecule has 6 rings (SSSR count). The third-order valence-electron chi connectivity index (χ3n) is 6.99. The molecule has 0 bridgehead atoms. The Morgan fingerprint density at radius 1 is 0.452 bits per heavy atom. The van der Waals surface area contributed by atoms with Gasteiger partial charge in [-0.25, -0.2) is 9.59 Å². The van der Waals surface area contributed by atoms with Crippen LogP contribution in [0.3, 0.4) is 0 Å². The summed E-state index contributed by atoms with van der Waals surface area (Å²) in [6, 6.07) is 32.8. The summed E-state index contributed by atoms with van der Waals surface area (Å²) in [5.74, 6) is 0.988. The minimum absolute atomic E-state index is 0.226. The number of nitrogens with zero attached hydrogens (tertiary/aromatic N) is 4. The Morgan fingerprint density at radius 2 is 0.810 bits per heavy atom. The lowest BCUT2D eigenvalue weighted by Crippen LogP contribution is -2.40. The summed E-state index contributed by atoms with van der Waals surface area (Å²) in [7, 11) is 2.98. The van der Waals surface area contributed by atoms with Crippen LogP contribution in [-0.2, 0) is 13.1 Å². The largest absolute Gasteiger partial charge is 0.336 e. The number of aromatic nitrogens is 4. The van der Waals surface area contributed by atoms with Gasteiger partial charge in [0.25, 0.3) is 11.1 Å². The highest BCUT2D eigenvalue weighted by molar-refractivity contribution is 8.76. The first-order chi connectivity index (χ1) is 20.6. The number of hydrogen-bond donors (Lipinski definition) is 0. The fraction of sp³-hybridized carbons (Fsp3) is 0.125. The Kier molecular flexibility index (Phi) is 7.98. The number of benzene rings is 4. The van der Waals surface area contributed by atoms with Crippen LogP contribution in [0.25, 0.3) is 33.2 Å². The van der Waals surface area contributed by atoms with Crippen molar-refractivity contribution < 1.29 is 0 Å². The van der Waals surface area contributed by atoms with Gasteiger partial charge in [-0.15, -0.1) is 0 Å². The topological polar surface area (TPSA) is 88.0 Å². The first kappa shape index (κ1) is 27.6. The van der Waals surface area contributed by atoms with Gasteiger partial charge in [-0.1, -0.05) is 82.3 Å². The highest BCUT2D eigenvalue weighted by atomic mass is 33.1. The first-order valence-electron chi connectivity index (χ1n) is 13.4. The summed E-state index contributed by atoms with van der Waals surface area (Å²) in [5.41, 5.74) is 1.10. The maximum Gasteiger partial charge on any atom is 0.336 e. The van der Waals surface area contributed by atoms with E-state index in [1.165, 1.54) is 30.7 Å². The zero-order chi connectivity index (χ0) is 29.1. The van der Waals surface area contributed by atoms with Gasteiger partial charge in [0.2, 0.25) is 0 Å². The Morgan fingerprint density at radius 3 is 1.21 bits per heavy atom. The molecule has 0 saturated carbocycles. The lowest BCUT2D eigenvalue weighted by molar-refractivity contribution is 0.667. The molecule has 0 saturated heterocycles. The molecule has 0 atom stereocenters. The maximum absolute atomic E-state index is 13.5. The van der Waals surface area contributed by atoms with Gasteiger partial charge in [0.15, 0.2) is 0 Å². The molecule has 6 aromatic rings. The number of para-hydroxylation sites is 4. The second-order valence-corrected chi connectivity index (χ2v) is 12.2. The van der Waals surface area contributed by atoms with E-state index in [-0.39, 0.29) is 35.6 Å². The summed E-state index contributed by atoms with van der Waals surface area (Å²) < 4.78 is 5.68. The highest BCUT2D eigenvalue weighted by Gasteiger charge is 2.15. The van der Waals surface area contributed by atoms with Gasteiger partial charge >= 0.3 is 11.4 Å². The van der Waals surface area contributed by atoms with Gasteiger partial charge in [0.05, 0.1) is 33.2 Å². The Balaban J connectivity index is 1.20. The van der Waals surface area contributed by atoms with Gasteiger partial charge in [-0.2, -0.15) is 0 Å². The predicted octanol–water partition coefficient (Wildman–Crippen LogP) is 4.70.